The average molecular weight is 261 g/mol. The fourth-order valence-electron chi connectivity index (χ4n) is 1.40. The summed E-state index contributed by atoms with van der Waals surface area (Å²) >= 11 is 10.7. The van der Waals surface area contributed by atoms with Crippen LogP contribution in [0.25, 0.3) is 0 Å². The van der Waals surface area contributed by atoms with Crippen LogP contribution in [0.4, 0.5) is 17.1 Å². The SMILES string of the molecule is S=C=Nc1ccc(Nc2ccccc2)c(Cl)c1. The van der Waals surface area contributed by atoms with Gasteiger partial charge in [-0.1, -0.05) is 29.8 Å². The number of isothiocyanates is 1. The average Bonchev–Trinajstić information content (AvgIpc) is 2.34. The van der Waals surface area contributed by atoms with Crippen LogP contribution in [0.2, 0.25) is 5.02 Å². The molecule has 0 atom stereocenters. The zero-order valence-corrected chi connectivity index (χ0v) is 10.4. The molecule has 0 amide bonds. The van der Waals surface area contributed by atoms with Gasteiger partial charge in [-0.15, -0.1) is 0 Å². The van der Waals surface area contributed by atoms with E-state index in [9.17, 15) is 0 Å². The lowest BCUT2D eigenvalue weighted by Crippen LogP contribution is -1.90. The molecule has 2 aromatic carbocycles. The number of para-hydroxylation sites is 1. The molecule has 1 N–H and O–H groups in total. The first kappa shape index (κ1) is 11.8. The number of nitrogens with one attached hydrogen (secondary N) is 1. The van der Waals surface area contributed by atoms with Gasteiger partial charge in [0, 0.05) is 5.69 Å². The third-order valence-corrected chi connectivity index (χ3v) is 2.58. The van der Waals surface area contributed by atoms with Crippen LogP contribution in [-0.4, -0.2) is 5.16 Å². The number of hydrogen-bond donors (Lipinski definition) is 1. The number of aliphatic imine (C=N–C) groups is 1. The Labute approximate surface area is 110 Å². The Balaban J connectivity index is 2.25. The second-order valence-electron chi connectivity index (χ2n) is 3.36. The maximum absolute atomic E-state index is 6.13. The molecule has 0 bridgehead atoms. The largest absolute Gasteiger partial charge is 0.354 e. The molecule has 0 aliphatic heterocycles. The van der Waals surface area contributed by atoms with Gasteiger partial charge < -0.3 is 5.32 Å². The van der Waals surface area contributed by atoms with Crippen molar-refractivity contribution in [3.8, 4) is 0 Å². The number of benzene rings is 2. The molecule has 2 nitrogen and oxygen atoms in total. The van der Waals surface area contributed by atoms with Crippen molar-refractivity contribution in [3.63, 3.8) is 0 Å². The van der Waals surface area contributed by atoms with Gasteiger partial charge in [0.1, 0.15) is 0 Å². The molecule has 0 spiro atoms. The smallest absolute Gasteiger partial charge is 0.0755 e. The molecule has 0 fully saturated rings. The molecule has 0 radical (unpaired) electrons. The lowest BCUT2D eigenvalue weighted by atomic mass is 10.2. The molecule has 17 heavy (non-hydrogen) atoms. The Hall–Kier alpha value is -1.67. The minimum absolute atomic E-state index is 0.598. The zero-order valence-electron chi connectivity index (χ0n) is 8.85. The van der Waals surface area contributed by atoms with E-state index in [1.807, 2.05) is 42.5 Å². The van der Waals surface area contributed by atoms with Crippen molar-refractivity contribution in [1.82, 2.24) is 0 Å². The number of nitrogens with zero attached hydrogens (tertiary/aromatic N) is 1. The summed E-state index contributed by atoms with van der Waals surface area (Å²) in [6.07, 6.45) is 0. The highest BCUT2D eigenvalue weighted by Gasteiger charge is 2.01. The van der Waals surface area contributed by atoms with Crippen LogP contribution in [0.1, 0.15) is 0 Å². The van der Waals surface area contributed by atoms with E-state index in [0.29, 0.717) is 10.7 Å². The highest BCUT2D eigenvalue weighted by atomic mass is 35.5. The van der Waals surface area contributed by atoms with E-state index >= 15 is 0 Å². The van der Waals surface area contributed by atoms with Crippen LogP contribution in [0.5, 0.6) is 0 Å². The Morgan fingerprint density at radius 1 is 1.12 bits per heavy atom. The van der Waals surface area contributed by atoms with Gasteiger partial charge in [-0.05, 0) is 42.5 Å². The van der Waals surface area contributed by atoms with Crippen molar-refractivity contribution in [2.24, 2.45) is 4.99 Å². The van der Waals surface area contributed by atoms with E-state index in [2.05, 4.69) is 27.7 Å². The highest BCUT2D eigenvalue weighted by Crippen LogP contribution is 2.29. The van der Waals surface area contributed by atoms with Gasteiger partial charge in [-0.3, -0.25) is 0 Å². The lowest BCUT2D eigenvalue weighted by molar-refractivity contribution is 1.51. The third-order valence-electron chi connectivity index (χ3n) is 2.18. The van der Waals surface area contributed by atoms with Crippen molar-refractivity contribution in [3.05, 3.63) is 53.6 Å². The summed E-state index contributed by atoms with van der Waals surface area (Å²) in [6, 6.07) is 15.3. The zero-order chi connectivity index (χ0) is 12.1. The first-order valence-corrected chi connectivity index (χ1v) is 5.78. The van der Waals surface area contributed by atoms with Crippen molar-refractivity contribution < 1.29 is 0 Å². The lowest BCUT2D eigenvalue weighted by Gasteiger charge is -2.08. The van der Waals surface area contributed by atoms with Gasteiger partial charge in [0.15, 0.2) is 0 Å². The summed E-state index contributed by atoms with van der Waals surface area (Å²) in [5.74, 6) is 0. The van der Waals surface area contributed by atoms with Crippen LogP contribution in [0.15, 0.2) is 53.5 Å². The molecule has 0 unspecified atom stereocenters. The third kappa shape index (κ3) is 3.14. The number of halogens is 1. The maximum atomic E-state index is 6.13. The van der Waals surface area contributed by atoms with Gasteiger partial charge in [0.25, 0.3) is 0 Å². The van der Waals surface area contributed by atoms with Crippen molar-refractivity contribution in [1.29, 1.82) is 0 Å². The highest BCUT2D eigenvalue weighted by molar-refractivity contribution is 7.78. The Kier molecular flexibility index (Phi) is 3.89. The molecule has 2 aromatic rings. The van der Waals surface area contributed by atoms with Crippen LogP contribution in [0.3, 0.4) is 0 Å². The number of thiocarbonyl (C=S) groups is 1. The molecule has 84 valence electrons. The van der Waals surface area contributed by atoms with Gasteiger partial charge in [0.05, 0.1) is 21.6 Å². The van der Waals surface area contributed by atoms with E-state index in [-0.39, 0.29) is 0 Å². The predicted molar refractivity (Wildman–Crippen MR) is 75.9 cm³/mol. The van der Waals surface area contributed by atoms with Crippen LogP contribution in [0, 0.1) is 0 Å². The molecule has 0 aromatic heterocycles. The topological polar surface area (TPSA) is 24.4 Å². The molecule has 0 saturated heterocycles. The van der Waals surface area contributed by atoms with Crippen LogP contribution in [-0.2, 0) is 0 Å². The summed E-state index contributed by atoms with van der Waals surface area (Å²) in [4.78, 5) is 3.87. The second-order valence-corrected chi connectivity index (χ2v) is 3.95. The standard InChI is InChI=1S/C13H9ClN2S/c14-12-8-11(15-9-17)6-7-13(12)16-10-4-2-1-3-5-10/h1-8,16H. The van der Waals surface area contributed by atoms with Crippen molar-refractivity contribution in [2.75, 3.05) is 5.32 Å². The first-order chi connectivity index (χ1) is 8.29. The Bertz CT molecular complexity index is 563. The molecule has 4 heteroatoms. The second kappa shape index (κ2) is 5.60. The first-order valence-electron chi connectivity index (χ1n) is 4.99. The minimum atomic E-state index is 0.598. The monoisotopic (exact) mass is 260 g/mol. The van der Waals surface area contributed by atoms with E-state index in [1.165, 1.54) is 0 Å². The van der Waals surface area contributed by atoms with Gasteiger partial charge in [-0.25, -0.2) is 0 Å². The predicted octanol–water partition coefficient (Wildman–Crippen LogP) is 4.82. The van der Waals surface area contributed by atoms with Crippen LogP contribution < -0.4 is 5.32 Å². The fourth-order valence-corrected chi connectivity index (χ4v) is 1.73. The number of rotatable bonds is 3. The normalized spacial score (nSPS) is 9.47. The van der Waals surface area contributed by atoms with E-state index in [4.69, 9.17) is 11.6 Å². The maximum Gasteiger partial charge on any atom is 0.0755 e. The van der Waals surface area contributed by atoms with E-state index in [0.717, 1.165) is 11.4 Å². The Morgan fingerprint density at radius 2 is 1.88 bits per heavy atom. The number of hydrogen-bond acceptors (Lipinski definition) is 3. The molecule has 0 saturated carbocycles. The molecular formula is C13H9ClN2S. The summed E-state index contributed by atoms with van der Waals surface area (Å²) < 4.78 is 0. The fraction of sp³-hybridized carbons (Fsp3) is 0. The molecule has 0 aliphatic carbocycles. The van der Waals surface area contributed by atoms with Gasteiger partial charge in [0.2, 0.25) is 0 Å². The van der Waals surface area contributed by atoms with E-state index in [1.54, 1.807) is 6.07 Å². The quantitative estimate of drug-likeness (QED) is 0.632. The molecular weight excluding hydrogens is 252 g/mol. The molecule has 2 rings (SSSR count). The summed E-state index contributed by atoms with van der Waals surface area (Å²) in [6.45, 7) is 0. The molecule has 0 heterocycles. The van der Waals surface area contributed by atoms with Crippen molar-refractivity contribution in [2.45, 2.75) is 0 Å². The Morgan fingerprint density at radius 3 is 2.53 bits per heavy atom. The summed E-state index contributed by atoms with van der Waals surface area (Å²) in [7, 11) is 0. The van der Waals surface area contributed by atoms with Gasteiger partial charge >= 0.3 is 0 Å². The molecule has 0 aliphatic rings. The summed E-state index contributed by atoms with van der Waals surface area (Å²) in [5, 5.41) is 6.13. The number of anilines is 2. The van der Waals surface area contributed by atoms with E-state index < -0.39 is 0 Å². The van der Waals surface area contributed by atoms with Crippen molar-refractivity contribution >= 4 is 46.0 Å². The minimum Gasteiger partial charge on any atom is -0.354 e. The van der Waals surface area contributed by atoms with Crippen LogP contribution >= 0.6 is 23.8 Å². The summed E-state index contributed by atoms with van der Waals surface area (Å²) in [5.41, 5.74) is 2.52. The van der Waals surface area contributed by atoms with Gasteiger partial charge in [-0.2, -0.15) is 4.99 Å².